The standard InChI is InChI=1S/C65H120O6/c1-4-7-10-13-16-19-22-25-28-30-31-32-33-34-36-37-40-43-46-49-52-55-58-64(67)70-61-62(60-69-63(66)57-54-51-48-45-42-39-27-24-21-18-15-12-9-6-3)71-65(68)59-56-53-50-47-44-41-38-35-29-26-23-20-17-14-11-8-5-2/h8,11,17,20,26,29,62H,4-7,9-10,12-16,18-19,21-25,27-28,30-61H2,1-3H3/b11-8-,20-17-,29-26-. The van der Waals surface area contributed by atoms with Crippen molar-refractivity contribution in [1.82, 2.24) is 0 Å². The van der Waals surface area contributed by atoms with Gasteiger partial charge in [0.15, 0.2) is 6.10 Å². The number of ether oxygens (including phenoxy) is 3. The van der Waals surface area contributed by atoms with Crippen molar-refractivity contribution >= 4 is 17.9 Å². The third-order valence-corrected chi connectivity index (χ3v) is 14.2. The van der Waals surface area contributed by atoms with Gasteiger partial charge >= 0.3 is 17.9 Å². The van der Waals surface area contributed by atoms with Gasteiger partial charge in [0.25, 0.3) is 0 Å². The van der Waals surface area contributed by atoms with Crippen LogP contribution in [0, 0.1) is 0 Å². The Labute approximate surface area is 442 Å². The van der Waals surface area contributed by atoms with Crippen molar-refractivity contribution in [3.63, 3.8) is 0 Å². The van der Waals surface area contributed by atoms with Crippen LogP contribution in [0.2, 0.25) is 0 Å². The van der Waals surface area contributed by atoms with Crippen LogP contribution in [0.15, 0.2) is 36.5 Å². The van der Waals surface area contributed by atoms with Gasteiger partial charge in [0.05, 0.1) is 0 Å². The molecule has 0 saturated heterocycles. The third kappa shape index (κ3) is 58.4. The summed E-state index contributed by atoms with van der Waals surface area (Å²) < 4.78 is 16.9. The van der Waals surface area contributed by atoms with E-state index in [-0.39, 0.29) is 31.1 Å². The predicted molar refractivity (Wildman–Crippen MR) is 307 cm³/mol. The maximum Gasteiger partial charge on any atom is 0.306 e. The van der Waals surface area contributed by atoms with Gasteiger partial charge in [0.2, 0.25) is 0 Å². The predicted octanol–water partition coefficient (Wildman–Crippen LogP) is 21.2. The summed E-state index contributed by atoms with van der Waals surface area (Å²) in [6, 6.07) is 0. The van der Waals surface area contributed by atoms with Gasteiger partial charge in [-0.25, -0.2) is 0 Å². The van der Waals surface area contributed by atoms with Crippen molar-refractivity contribution in [2.24, 2.45) is 0 Å². The first-order valence-electron chi connectivity index (χ1n) is 31.5. The van der Waals surface area contributed by atoms with E-state index in [9.17, 15) is 14.4 Å². The Morgan fingerprint density at radius 3 is 0.859 bits per heavy atom. The van der Waals surface area contributed by atoms with E-state index in [0.717, 1.165) is 83.5 Å². The molecule has 71 heavy (non-hydrogen) atoms. The van der Waals surface area contributed by atoms with Crippen molar-refractivity contribution in [3.8, 4) is 0 Å². The lowest BCUT2D eigenvalue weighted by molar-refractivity contribution is -0.167. The first kappa shape index (κ1) is 68.6. The molecule has 0 radical (unpaired) electrons. The molecule has 0 aromatic carbocycles. The average molecular weight is 998 g/mol. The third-order valence-electron chi connectivity index (χ3n) is 14.2. The minimum absolute atomic E-state index is 0.0709. The summed E-state index contributed by atoms with van der Waals surface area (Å²) in [7, 11) is 0. The monoisotopic (exact) mass is 997 g/mol. The van der Waals surface area contributed by atoms with Gasteiger partial charge in [-0.3, -0.25) is 14.4 Å². The number of allylic oxidation sites excluding steroid dienone is 6. The molecule has 0 aromatic rings. The molecule has 0 aromatic heterocycles. The minimum atomic E-state index is -0.774. The van der Waals surface area contributed by atoms with E-state index < -0.39 is 6.10 Å². The van der Waals surface area contributed by atoms with E-state index in [1.807, 2.05) is 0 Å². The molecule has 6 nitrogen and oxygen atoms in total. The molecule has 0 N–H and O–H groups in total. The molecule has 0 saturated carbocycles. The summed E-state index contributed by atoms with van der Waals surface area (Å²) in [5, 5.41) is 0. The maximum atomic E-state index is 12.9. The van der Waals surface area contributed by atoms with Gasteiger partial charge in [-0.15, -0.1) is 0 Å². The summed E-state index contributed by atoms with van der Waals surface area (Å²) in [4.78, 5) is 38.3. The number of hydrogen-bond acceptors (Lipinski definition) is 6. The number of rotatable bonds is 58. The van der Waals surface area contributed by atoms with Crippen LogP contribution in [-0.4, -0.2) is 37.2 Å². The fourth-order valence-corrected chi connectivity index (χ4v) is 9.46. The first-order chi connectivity index (χ1) is 35.0. The highest BCUT2D eigenvalue weighted by molar-refractivity contribution is 5.71. The summed E-state index contributed by atoms with van der Waals surface area (Å²) >= 11 is 0. The smallest absolute Gasteiger partial charge is 0.306 e. The number of carbonyl (C=O) groups is 3. The van der Waals surface area contributed by atoms with Crippen LogP contribution in [-0.2, 0) is 28.6 Å². The zero-order valence-electron chi connectivity index (χ0n) is 47.8. The second-order valence-corrected chi connectivity index (χ2v) is 21.3. The van der Waals surface area contributed by atoms with Gasteiger partial charge in [0, 0.05) is 19.3 Å². The molecule has 1 unspecified atom stereocenters. The number of hydrogen-bond donors (Lipinski definition) is 0. The van der Waals surface area contributed by atoms with E-state index in [4.69, 9.17) is 14.2 Å². The quantitative estimate of drug-likeness (QED) is 0.0261. The van der Waals surface area contributed by atoms with Crippen molar-refractivity contribution in [2.75, 3.05) is 13.2 Å². The fraction of sp³-hybridized carbons (Fsp3) is 0.862. The molecule has 0 amide bonds. The molecule has 6 heteroatoms. The molecule has 0 rings (SSSR count). The van der Waals surface area contributed by atoms with Crippen LogP contribution >= 0.6 is 0 Å². The second-order valence-electron chi connectivity index (χ2n) is 21.3. The largest absolute Gasteiger partial charge is 0.462 e. The topological polar surface area (TPSA) is 78.9 Å². The molecule has 0 aliphatic heterocycles. The molecular formula is C65H120O6. The zero-order valence-corrected chi connectivity index (χ0v) is 47.8. The summed E-state index contributed by atoms with van der Waals surface area (Å²) in [5.41, 5.74) is 0. The number of esters is 3. The van der Waals surface area contributed by atoms with Gasteiger partial charge in [0.1, 0.15) is 13.2 Å². The van der Waals surface area contributed by atoms with E-state index >= 15 is 0 Å². The molecule has 0 bridgehead atoms. The molecule has 0 fully saturated rings. The van der Waals surface area contributed by atoms with E-state index in [2.05, 4.69) is 57.2 Å². The maximum absolute atomic E-state index is 12.9. The van der Waals surface area contributed by atoms with Crippen LogP contribution in [0.1, 0.15) is 342 Å². The zero-order chi connectivity index (χ0) is 51.4. The Morgan fingerprint density at radius 1 is 0.296 bits per heavy atom. The molecule has 0 aliphatic carbocycles. The van der Waals surface area contributed by atoms with Crippen LogP contribution in [0.4, 0.5) is 0 Å². The number of carbonyl (C=O) groups excluding carboxylic acids is 3. The fourth-order valence-electron chi connectivity index (χ4n) is 9.46. The van der Waals surface area contributed by atoms with Gasteiger partial charge in [-0.2, -0.15) is 0 Å². The average Bonchev–Trinajstić information content (AvgIpc) is 3.37. The van der Waals surface area contributed by atoms with Crippen molar-refractivity contribution in [3.05, 3.63) is 36.5 Å². The lowest BCUT2D eigenvalue weighted by atomic mass is 10.0. The first-order valence-corrected chi connectivity index (χ1v) is 31.5. The summed E-state index contributed by atoms with van der Waals surface area (Å²) in [6.45, 7) is 6.58. The Morgan fingerprint density at radius 2 is 0.549 bits per heavy atom. The Balaban J connectivity index is 4.28. The molecule has 0 heterocycles. The van der Waals surface area contributed by atoms with Crippen molar-refractivity contribution in [1.29, 1.82) is 0 Å². The molecule has 0 aliphatic rings. The Kier molecular flexibility index (Phi) is 58.2. The van der Waals surface area contributed by atoms with Crippen LogP contribution in [0.3, 0.4) is 0 Å². The van der Waals surface area contributed by atoms with E-state index in [1.165, 1.54) is 218 Å². The van der Waals surface area contributed by atoms with E-state index in [1.54, 1.807) is 0 Å². The molecular weight excluding hydrogens is 877 g/mol. The Hall–Kier alpha value is -2.37. The Bertz CT molecular complexity index is 1190. The summed E-state index contributed by atoms with van der Waals surface area (Å²) in [5.74, 6) is -0.856. The highest BCUT2D eigenvalue weighted by Crippen LogP contribution is 2.18. The lowest BCUT2D eigenvalue weighted by Crippen LogP contribution is -2.30. The van der Waals surface area contributed by atoms with Gasteiger partial charge in [-0.05, 0) is 51.4 Å². The highest BCUT2D eigenvalue weighted by Gasteiger charge is 2.19. The van der Waals surface area contributed by atoms with Crippen molar-refractivity contribution < 1.29 is 28.6 Å². The molecule has 1 atom stereocenters. The number of unbranched alkanes of at least 4 members (excludes halogenated alkanes) is 41. The summed E-state index contributed by atoms with van der Waals surface area (Å²) in [6.07, 6.45) is 72.9. The minimum Gasteiger partial charge on any atom is -0.462 e. The normalized spacial score (nSPS) is 12.2. The molecule has 416 valence electrons. The SMILES string of the molecule is CC/C=C\C/C=C\C/C=C\CCCCCCCCCC(=O)OC(COC(=O)CCCCCCCCCCCCCCCC)COC(=O)CCCCCCCCCCCCCCCCCCCCCCCC. The van der Waals surface area contributed by atoms with Crippen LogP contribution < -0.4 is 0 Å². The molecule has 0 spiro atoms. The second kappa shape index (κ2) is 60.2. The van der Waals surface area contributed by atoms with E-state index in [0.29, 0.717) is 19.3 Å². The van der Waals surface area contributed by atoms with Crippen LogP contribution in [0.25, 0.3) is 0 Å². The van der Waals surface area contributed by atoms with Gasteiger partial charge in [-0.1, -0.05) is 308 Å². The highest BCUT2D eigenvalue weighted by atomic mass is 16.6. The van der Waals surface area contributed by atoms with Gasteiger partial charge < -0.3 is 14.2 Å². The van der Waals surface area contributed by atoms with Crippen molar-refractivity contribution in [2.45, 2.75) is 348 Å². The van der Waals surface area contributed by atoms with Crippen LogP contribution in [0.5, 0.6) is 0 Å². The lowest BCUT2D eigenvalue weighted by Gasteiger charge is -2.18.